The largest absolute Gasteiger partial charge is 0.454 e. The predicted molar refractivity (Wildman–Crippen MR) is 97.4 cm³/mol. The highest BCUT2D eigenvalue weighted by Gasteiger charge is 2.24. The SMILES string of the molecule is Nc1c(C(=O)N2CCCCC2)sc2nc3cc4c(cc3cc12)OCO4. The molecule has 3 aromatic rings. The van der Waals surface area contributed by atoms with Crippen LogP contribution in [0.1, 0.15) is 28.9 Å². The number of nitrogen functional groups attached to an aromatic ring is 1. The minimum Gasteiger partial charge on any atom is -0.454 e. The predicted octanol–water partition coefficient (Wildman–Crippen LogP) is 3.39. The Labute approximate surface area is 148 Å². The van der Waals surface area contributed by atoms with Crippen LogP contribution in [0.2, 0.25) is 0 Å². The summed E-state index contributed by atoms with van der Waals surface area (Å²) in [6.45, 7) is 1.85. The van der Waals surface area contributed by atoms with E-state index in [2.05, 4.69) is 0 Å². The Morgan fingerprint density at radius 2 is 1.88 bits per heavy atom. The summed E-state index contributed by atoms with van der Waals surface area (Å²) in [5.74, 6) is 1.44. The van der Waals surface area contributed by atoms with Crippen LogP contribution in [0.3, 0.4) is 0 Å². The number of anilines is 1. The number of thiophene rings is 1. The molecule has 2 aliphatic heterocycles. The van der Waals surface area contributed by atoms with E-state index in [1.807, 2.05) is 23.1 Å². The number of piperidine rings is 1. The Hall–Kier alpha value is -2.54. The molecule has 2 aliphatic rings. The van der Waals surface area contributed by atoms with Crippen LogP contribution in [0.25, 0.3) is 21.1 Å². The summed E-state index contributed by atoms with van der Waals surface area (Å²) in [4.78, 5) is 20.8. The number of nitrogens with zero attached hydrogens (tertiary/aromatic N) is 2. The molecule has 0 spiro atoms. The molecule has 0 radical (unpaired) electrons. The van der Waals surface area contributed by atoms with Crippen LogP contribution in [0.5, 0.6) is 11.5 Å². The number of fused-ring (bicyclic) bond motifs is 3. The van der Waals surface area contributed by atoms with Crippen LogP contribution in [0, 0.1) is 0 Å². The molecule has 2 N–H and O–H groups in total. The number of hydrogen-bond acceptors (Lipinski definition) is 6. The van der Waals surface area contributed by atoms with Gasteiger partial charge >= 0.3 is 0 Å². The van der Waals surface area contributed by atoms with Gasteiger partial charge in [0.1, 0.15) is 9.71 Å². The Kier molecular flexibility index (Phi) is 3.24. The van der Waals surface area contributed by atoms with E-state index in [0.29, 0.717) is 22.1 Å². The zero-order valence-electron chi connectivity index (χ0n) is 13.6. The summed E-state index contributed by atoms with van der Waals surface area (Å²) in [7, 11) is 0. The molecule has 1 saturated heterocycles. The molecular weight excluding hydrogens is 338 g/mol. The first-order valence-corrected chi connectivity index (χ1v) is 9.24. The summed E-state index contributed by atoms with van der Waals surface area (Å²) in [6.07, 6.45) is 3.31. The molecule has 0 saturated carbocycles. The van der Waals surface area contributed by atoms with Crippen molar-refractivity contribution < 1.29 is 14.3 Å². The van der Waals surface area contributed by atoms with Crippen molar-refractivity contribution in [1.29, 1.82) is 0 Å². The number of likely N-dealkylation sites (tertiary alicyclic amines) is 1. The zero-order valence-corrected chi connectivity index (χ0v) is 14.4. The highest BCUT2D eigenvalue weighted by Crippen LogP contribution is 2.40. The molecule has 1 fully saturated rings. The first-order valence-electron chi connectivity index (χ1n) is 8.42. The van der Waals surface area contributed by atoms with Crippen molar-refractivity contribution in [2.24, 2.45) is 0 Å². The lowest BCUT2D eigenvalue weighted by molar-refractivity contribution is 0.0730. The van der Waals surface area contributed by atoms with E-state index in [0.717, 1.165) is 47.1 Å². The number of carbonyl (C=O) groups excluding carboxylic acids is 1. The smallest absolute Gasteiger partial charge is 0.266 e. The highest BCUT2D eigenvalue weighted by molar-refractivity contribution is 7.21. The van der Waals surface area contributed by atoms with Crippen molar-refractivity contribution in [3.63, 3.8) is 0 Å². The van der Waals surface area contributed by atoms with Gasteiger partial charge < -0.3 is 20.1 Å². The molecule has 7 heteroatoms. The Morgan fingerprint density at radius 1 is 1.12 bits per heavy atom. The van der Waals surface area contributed by atoms with Gasteiger partial charge in [-0.1, -0.05) is 0 Å². The fourth-order valence-electron chi connectivity index (χ4n) is 3.49. The molecule has 0 atom stereocenters. The second-order valence-electron chi connectivity index (χ2n) is 6.44. The number of aromatic nitrogens is 1. The lowest BCUT2D eigenvalue weighted by Gasteiger charge is -2.26. The number of benzene rings is 1. The molecule has 2 aromatic heterocycles. The molecule has 4 heterocycles. The summed E-state index contributed by atoms with van der Waals surface area (Å²) < 4.78 is 10.9. The van der Waals surface area contributed by atoms with Gasteiger partial charge in [-0.25, -0.2) is 4.98 Å². The van der Waals surface area contributed by atoms with Crippen LogP contribution < -0.4 is 15.2 Å². The van der Waals surface area contributed by atoms with E-state index in [9.17, 15) is 4.79 Å². The van der Waals surface area contributed by atoms with Crippen molar-refractivity contribution in [3.8, 4) is 11.5 Å². The minimum absolute atomic E-state index is 0.0263. The Balaban J connectivity index is 1.62. The number of amides is 1. The topological polar surface area (TPSA) is 77.7 Å². The number of pyridine rings is 1. The van der Waals surface area contributed by atoms with Gasteiger partial charge in [-0.15, -0.1) is 11.3 Å². The third-order valence-corrected chi connectivity index (χ3v) is 5.95. The maximum absolute atomic E-state index is 12.8. The summed E-state index contributed by atoms with van der Waals surface area (Å²) in [6, 6.07) is 5.77. The van der Waals surface area contributed by atoms with Crippen LogP contribution in [0.15, 0.2) is 18.2 Å². The first kappa shape index (κ1) is 14.8. The van der Waals surface area contributed by atoms with Crippen LogP contribution in [0.4, 0.5) is 5.69 Å². The second kappa shape index (κ2) is 5.49. The van der Waals surface area contributed by atoms with Crippen LogP contribution >= 0.6 is 11.3 Å². The van der Waals surface area contributed by atoms with Gasteiger partial charge in [0.2, 0.25) is 6.79 Å². The number of hydrogen-bond donors (Lipinski definition) is 1. The molecule has 25 heavy (non-hydrogen) atoms. The summed E-state index contributed by atoms with van der Waals surface area (Å²) >= 11 is 1.37. The number of carbonyl (C=O) groups is 1. The maximum atomic E-state index is 12.8. The standard InChI is InChI=1S/C18H17N3O3S/c19-15-11-6-10-7-13-14(24-9-23-13)8-12(10)20-17(11)25-16(15)18(22)21-4-2-1-3-5-21/h6-8H,1-5,9,19H2. The molecule has 0 aliphatic carbocycles. The molecule has 128 valence electrons. The van der Waals surface area contributed by atoms with Crippen molar-refractivity contribution in [3.05, 3.63) is 23.1 Å². The quantitative estimate of drug-likeness (QED) is 0.724. The maximum Gasteiger partial charge on any atom is 0.266 e. The molecule has 0 unspecified atom stereocenters. The van der Waals surface area contributed by atoms with E-state index < -0.39 is 0 Å². The summed E-state index contributed by atoms with van der Waals surface area (Å²) in [5.41, 5.74) is 7.66. The van der Waals surface area contributed by atoms with Gasteiger partial charge in [-0.2, -0.15) is 0 Å². The van der Waals surface area contributed by atoms with Crippen molar-refractivity contribution in [2.75, 3.05) is 25.6 Å². The fraction of sp³-hybridized carbons (Fsp3) is 0.333. The molecular formula is C18H17N3O3S. The molecule has 0 bridgehead atoms. The average Bonchev–Trinajstić information content (AvgIpc) is 3.22. The lowest BCUT2D eigenvalue weighted by Crippen LogP contribution is -2.35. The third-order valence-electron chi connectivity index (χ3n) is 4.85. The lowest BCUT2D eigenvalue weighted by atomic mass is 10.1. The summed E-state index contributed by atoms with van der Waals surface area (Å²) in [5, 5.41) is 1.76. The number of nitrogens with two attached hydrogens (primary N) is 1. The van der Waals surface area contributed by atoms with Gasteiger partial charge in [0.05, 0.1) is 11.2 Å². The van der Waals surface area contributed by atoms with Gasteiger partial charge in [-0.05, 0) is 31.4 Å². The number of ether oxygens (including phenoxy) is 2. The van der Waals surface area contributed by atoms with E-state index in [1.54, 1.807) is 0 Å². The molecule has 1 aromatic carbocycles. The van der Waals surface area contributed by atoms with E-state index in [4.69, 9.17) is 20.2 Å². The monoisotopic (exact) mass is 355 g/mol. The van der Waals surface area contributed by atoms with Crippen LogP contribution in [-0.4, -0.2) is 35.7 Å². The minimum atomic E-state index is 0.0263. The van der Waals surface area contributed by atoms with Gasteiger partial charge in [0.15, 0.2) is 11.5 Å². The average molecular weight is 355 g/mol. The molecule has 6 nitrogen and oxygen atoms in total. The first-order chi connectivity index (χ1) is 12.2. The number of rotatable bonds is 1. The highest BCUT2D eigenvalue weighted by atomic mass is 32.1. The Morgan fingerprint density at radius 3 is 2.68 bits per heavy atom. The van der Waals surface area contributed by atoms with Gasteiger partial charge in [-0.3, -0.25) is 4.79 Å². The van der Waals surface area contributed by atoms with Gasteiger partial charge in [0, 0.05) is 29.9 Å². The van der Waals surface area contributed by atoms with E-state index in [-0.39, 0.29) is 12.7 Å². The second-order valence-corrected chi connectivity index (χ2v) is 7.44. The third kappa shape index (κ3) is 2.30. The van der Waals surface area contributed by atoms with Crippen LogP contribution in [-0.2, 0) is 0 Å². The van der Waals surface area contributed by atoms with Crippen molar-refractivity contribution in [2.45, 2.75) is 19.3 Å². The Bertz CT molecular complexity index is 1010. The normalized spacial score (nSPS) is 16.7. The van der Waals surface area contributed by atoms with Gasteiger partial charge in [0.25, 0.3) is 5.91 Å². The van der Waals surface area contributed by atoms with E-state index >= 15 is 0 Å². The fourth-order valence-corrected chi connectivity index (χ4v) is 4.54. The molecule has 5 rings (SSSR count). The van der Waals surface area contributed by atoms with Crippen molar-refractivity contribution >= 4 is 44.1 Å². The molecule has 1 amide bonds. The van der Waals surface area contributed by atoms with E-state index in [1.165, 1.54) is 17.8 Å². The van der Waals surface area contributed by atoms with Crippen molar-refractivity contribution in [1.82, 2.24) is 9.88 Å². The zero-order chi connectivity index (χ0) is 17.0.